The molecule has 1 aromatic heterocycles. The minimum Gasteiger partial charge on any atom is -0.385 e. The van der Waals surface area contributed by atoms with Gasteiger partial charge < -0.3 is 9.64 Å². The Morgan fingerprint density at radius 2 is 2.06 bits per heavy atom. The van der Waals surface area contributed by atoms with Gasteiger partial charge in [-0.05, 0) is 29.0 Å². The van der Waals surface area contributed by atoms with Crippen molar-refractivity contribution < 1.29 is 4.74 Å². The number of ether oxygens (including phenoxy) is 1. The van der Waals surface area contributed by atoms with E-state index in [0.717, 1.165) is 31.2 Å². The molecule has 0 unspecified atom stereocenters. The number of para-hydroxylation sites is 1. The third kappa shape index (κ3) is 2.84. The molecule has 18 heavy (non-hydrogen) atoms. The van der Waals surface area contributed by atoms with Gasteiger partial charge in [-0.1, -0.05) is 23.3 Å². The predicted octanol–water partition coefficient (Wildman–Crippen LogP) is 1.13. The molecule has 96 valence electrons. The van der Waals surface area contributed by atoms with Crippen LogP contribution in [-0.4, -0.2) is 47.5 Å². The molecule has 0 bridgehead atoms. The fourth-order valence-corrected chi connectivity index (χ4v) is 1.70. The van der Waals surface area contributed by atoms with Crippen LogP contribution in [-0.2, 0) is 4.74 Å². The van der Waals surface area contributed by atoms with Gasteiger partial charge in [0.05, 0.1) is 5.69 Å². The standard InChI is InChI=1S/C12H17N5O/c1-16(9-6-10-18-2)12-13-14-15-17(12)11-7-4-3-5-8-11/h3-5,7-8H,6,9-10H2,1-2H3. The molecule has 1 aromatic carbocycles. The lowest BCUT2D eigenvalue weighted by Gasteiger charge is -2.17. The SMILES string of the molecule is COCCCN(C)c1nnnn1-c1ccccc1. The minimum absolute atomic E-state index is 0.733. The zero-order valence-corrected chi connectivity index (χ0v) is 10.7. The van der Waals surface area contributed by atoms with Crippen molar-refractivity contribution in [3.8, 4) is 5.69 Å². The molecule has 0 atom stereocenters. The summed E-state index contributed by atoms with van der Waals surface area (Å²) in [4.78, 5) is 2.02. The maximum atomic E-state index is 5.04. The van der Waals surface area contributed by atoms with E-state index in [1.54, 1.807) is 11.8 Å². The third-order valence-electron chi connectivity index (χ3n) is 2.64. The highest BCUT2D eigenvalue weighted by molar-refractivity contribution is 5.39. The monoisotopic (exact) mass is 247 g/mol. The second-order valence-electron chi connectivity index (χ2n) is 3.99. The zero-order valence-electron chi connectivity index (χ0n) is 10.7. The molecule has 6 nitrogen and oxygen atoms in total. The van der Waals surface area contributed by atoms with E-state index < -0.39 is 0 Å². The molecule has 0 spiro atoms. The van der Waals surface area contributed by atoms with E-state index in [4.69, 9.17) is 4.74 Å². The van der Waals surface area contributed by atoms with Crippen LogP contribution in [0.15, 0.2) is 30.3 Å². The van der Waals surface area contributed by atoms with E-state index in [9.17, 15) is 0 Å². The zero-order chi connectivity index (χ0) is 12.8. The second-order valence-corrected chi connectivity index (χ2v) is 3.99. The predicted molar refractivity (Wildman–Crippen MR) is 68.9 cm³/mol. The second kappa shape index (κ2) is 6.11. The van der Waals surface area contributed by atoms with Crippen LogP contribution in [0.4, 0.5) is 5.95 Å². The molecular weight excluding hydrogens is 230 g/mol. The number of hydrogen-bond donors (Lipinski definition) is 0. The van der Waals surface area contributed by atoms with Crippen molar-refractivity contribution in [2.45, 2.75) is 6.42 Å². The first-order valence-electron chi connectivity index (χ1n) is 5.87. The molecule has 0 saturated heterocycles. The van der Waals surface area contributed by atoms with E-state index in [1.807, 2.05) is 42.3 Å². The lowest BCUT2D eigenvalue weighted by atomic mass is 10.3. The molecule has 0 aliphatic rings. The van der Waals surface area contributed by atoms with Crippen LogP contribution in [0.2, 0.25) is 0 Å². The normalized spacial score (nSPS) is 10.6. The van der Waals surface area contributed by atoms with Crippen molar-refractivity contribution >= 4 is 5.95 Å². The number of aromatic nitrogens is 4. The summed E-state index contributed by atoms with van der Waals surface area (Å²) < 4.78 is 6.77. The van der Waals surface area contributed by atoms with Crippen LogP contribution in [0.3, 0.4) is 0 Å². The first-order valence-corrected chi connectivity index (χ1v) is 5.87. The number of rotatable bonds is 6. The highest BCUT2D eigenvalue weighted by Crippen LogP contribution is 2.13. The fraction of sp³-hybridized carbons (Fsp3) is 0.417. The molecule has 0 aliphatic heterocycles. The lowest BCUT2D eigenvalue weighted by Crippen LogP contribution is -2.23. The molecule has 0 N–H and O–H groups in total. The van der Waals surface area contributed by atoms with Gasteiger partial charge in [0, 0.05) is 27.3 Å². The van der Waals surface area contributed by atoms with Gasteiger partial charge in [-0.15, -0.1) is 0 Å². The summed E-state index contributed by atoms with van der Waals surface area (Å²) in [6.07, 6.45) is 0.939. The Bertz CT molecular complexity index is 470. The highest BCUT2D eigenvalue weighted by Gasteiger charge is 2.11. The van der Waals surface area contributed by atoms with Crippen molar-refractivity contribution in [1.82, 2.24) is 20.2 Å². The summed E-state index contributed by atoms with van der Waals surface area (Å²) in [6, 6.07) is 9.85. The van der Waals surface area contributed by atoms with Crippen LogP contribution in [0, 0.1) is 0 Å². The Kier molecular flexibility index (Phi) is 4.25. The summed E-state index contributed by atoms with van der Waals surface area (Å²) in [5.74, 6) is 0.734. The van der Waals surface area contributed by atoms with E-state index in [1.165, 1.54) is 0 Å². The minimum atomic E-state index is 0.733. The maximum Gasteiger partial charge on any atom is 0.250 e. The molecule has 2 aromatic rings. The van der Waals surface area contributed by atoms with Gasteiger partial charge in [0.2, 0.25) is 5.95 Å². The first-order chi connectivity index (χ1) is 8.83. The van der Waals surface area contributed by atoms with Gasteiger partial charge in [0.15, 0.2) is 0 Å². The maximum absolute atomic E-state index is 5.04. The van der Waals surface area contributed by atoms with E-state index in [0.29, 0.717) is 0 Å². The Labute approximate surface area is 106 Å². The molecule has 1 heterocycles. The molecule has 0 saturated carbocycles. The van der Waals surface area contributed by atoms with E-state index >= 15 is 0 Å². The van der Waals surface area contributed by atoms with Crippen LogP contribution < -0.4 is 4.90 Å². The number of benzene rings is 1. The average molecular weight is 247 g/mol. The van der Waals surface area contributed by atoms with E-state index in [-0.39, 0.29) is 0 Å². The molecule has 6 heteroatoms. The average Bonchev–Trinajstić information content (AvgIpc) is 2.89. The van der Waals surface area contributed by atoms with Gasteiger partial charge in [0.1, 0.15) is 0 Å². The Morgan fingerprint density at radius 3 is 2.78 bits per heavy atom. The van der Waals surface area contributed by atoms with E-state index in [2.05, 4.69) is 15.5 Å². The van der Waals surface area contributed by atoms with Gasteiger partial charge in [-0.2, -0.15) is 4.68 Å². The molecule has 0 fully saturated rings. The summed E-state index contributed by atoms with van der Waals surface area (Å²) in [5.41, 5.74) is 0.955. The highest BCUT2D eigenvalue weighted by atomic mass is 16.5. The number of nitrogens with zero attached hydrogens (tertiary/aromatic N) is 5. The summed E-state index contributed by atoms with van der Waals surface area (Å²) in [6.45, 7) is 1.58. The van der Waals surface area contributed by atoms with Crippen molar-refractivity contribution in [2.24, 2.45) is 0 Å². The molecule has 0 amide bonds. The molecule has 0 aliphatic carbocycles. The topological polar surface area (TPSA) is 56.1 Å². The van der Waals surface area contributed by atoms with Crippen molar-refractivity contribution in [1.29, 1.82) is 0 Å². The Balaban J connectivity index is 2.12. The van der Waals surface area contributed by atoms with Gasteiger partial charge in [0.25, 0.3) is 0 Å². The van der Waals surface area contributed by atoms with Crippen molar-refractivity contribution in [3.05, 3.63) is 30.3 Å². The third-order valence-corrected chi connectivity index (χ3v) is 2.64. The summed E-state index contributed by atoms with van der Waals surface area (Å²) in [7, 11) is 3.68. The largest absolute Gasteiger partial charge is 0.385 e. The first kappa shape index (κ1) is 12.5. The van der Waals surface area contributed by atoms with Crippen molar-refractivity contribution in [2.75, 3.05) is 32.2 Å². The number of hydrogen-bond acceptors (Lipinski definition) is 5. The smallest absolute Gasteiger partial charge is 0.250 e. The summed E-state index contributed by atoms with van der Waals surface area (Å²) >= 11 is 0. The van der Waals surface area contributed by atoms with Crippen LogP contribution in [0.25, 0.3) is 5.69 Å². The van der Waals surface area contributed by atoms with Crippen molar-refractivity contribution in [3.63, 3.8) is 0 Å². The van der Waals surface area contributed by atoms with Gasteiger partial charge in [-0.3, -0.25) is 0 Å². The lowest BCUT2D eigenvalue weighted by molar-refractivity contribution is 0.196. The molecule has 2 rings (SSSR count). The summed E-state index contributed by atoms with van der Waals surface area (Å²) in [5, 5.41) is 11.8. The Hall–Kier alpha value is -1.95. The Morgan fingerprint density at radius 1 is 1.28 bits per heavy atom. The number of anilines is 1. The number of methoxy groups -OCH3 is 1. The van der Waals surface area contributed by atoms with Gasteiger partial charge in [-0.25, -0.2) is 0 Å². The van der Waals surface area contributed by atoms with Gasteiger partial charge >= 0.3 is 0 Å². The van der Waals surface area contributed by atoms with Crippen LogP contribution in [0.5, 0.6) is 0 Å². The number of tetrazole rings is 1. The fourth-order valence-electron chi connectivity index (χ4n) is 1.70. The molecule has 0 radical (unpaired) electrons. The molecular formula is C12H17N5O. The van der Waals surface area contributed by atoms with Crippen LogP contribution in [0.1, 0.15) is 6.42 Å². The quantitative estimate of drug-likeness (QED) is 0.716. The van der Waals surface area contributed by atoms with Crippen LogP contribution >= 0.6 is 0 Å².